The van der Waals surface area contributed by atoms with E-state index in [4.69, 9.17) is 14.2 Å². The second-order valence-corrected chi connectivity index (χ2v) is 13.5. The van der Waals surface area contributed by atoms with Gasteiger partial charge in [-0.05, 0) is 64.2 Å². The van der Waals surface area contributed by atoms with Crippen molar-refractivity contribution in [2.75, 3.05) is 19.8 Å². The zero-order valence-electron chi connectivity index (χ0n) is 29.1. The van der Waals surface area contributed by atoms with Crippen LogP contribution in [0.3, 0.4) is 0 Å². The highest BCUT2D eigenvalue weighted by molar-refractivity contribution is 5.94. The van der Waals surface area contributed by atoms with Crippen molar-refractivity contribution < 1.29 is 43.3 Å². The van der Waals surface area contributed by atoms with E-state index in [1.807, 2.05) is 24.3 Å². The second kappa shape index (κ2) is 15.4. The predicted molar refractivity (Wildman–Crippen MR) is 179 cm³/mol. The Balaban J connectivity index is 1.52. The molecule has 4 atom stereocenters. The van der Waals surface area contributed by atoms with Gasteiger partial charge in [0, 0.05) is 18.9 Å². The summed E-state index contributed by atoms with van der Waals surface area (Å²) in [4.78, 5) is 68.2. The minimum atomic E-state index is -1.30. The molecule has 266 valence electrons. The summed E-state index contributed by atoms with van der Waals surface area (Å²) in [5.41, 5.74) is 3.42. The first-order valence-electron chi connectivity index (χ1n) is 16.5. The zero-order valence-corrected chi connectivity index (χ0v) is 29.1. The minimum absolute atomic E-state index is 0.0229. The molecule has 0 bridgehead atoms. The number of rotatable bonds is 11. The number of carbonyl (C=O) groups excluding carboxylic acids is 4. The molecule has 4 rings (SSSR count). The third-order valence-corrected chi connectivity index (χ3v) is 8.61. The monoisotopic (exact) mass is 681 g/mol. The lowest BCUT2D eigenvalue weighted by Gasteiger charge is -2.41. The number of carboxylic acids is 1. The number of aliphatic carboxylic acids is 1. The number of hydrazine groups is 1. The van der Waals surface area contributed by atoms with Crippen LogP contribution in [0.4, 0.5) is 0 Å². The van der Waals surface area contributed by atoms with Gasteiger partial charge in [-0.15, -0.1) is 0 Å². The van der Waals surface area contributed by atoms with Crippen molar-refractivity contribution in [3.05, 3.63) is 47.7 Å². The van der Waals surface area contributed by atoms with E-state index in [1.54, 1.807) is 52.8 Å². The van der Waals surface area contributed by atoms with Crippen LogP contribution in [-0.4, -0.2) is 88.4 Å². The summed E-state index contributed by atoms with van der Waals surface area (Å²) in [7, 11) is 0. The highest BCUT2D eigenvalue weighted by atomic mass is 16.7. The van der Waals surface area contributed by atoms with Gasteiger partial charge < -0.3 is 30.0 Å². The number of ether oxygens (including phenoxy) is 3. The summed E-state index contributed by atoms with van der Waals surface area (Å²) < 4.78 is 17.2. The van der Waals surface area contributed by atoms with Gasteiger partial charge in [-0.25, -0.2) is 10.4 Å². The lowest BCUT2D eigenvalue weighted by atomic mass is 9.85. The standard InChI is InChI=1S/C35H47N5O9/c1-20(2)29(30(42)36-21(3)31(43)40-16-8-9-27(39-40)32(44)45)38-33(46)35(18-47-34(6,7)48-19-35)15-14-24-10-11-25-12-13-26(37-28(25)17-24)22(4)49-23(5)41/h10-15,17,20-22,27,29,39H,8-9,16,18-19H2,1-7H3,(H,36,42)(H,38,46)(H,44,45)/b15-14+/t21-,22+,27-,29-/m0/s1. The number of benzene rings is 1. The Hall–Kier alpha value is -4.40. The summed E-state index contributed by atoms with van der Waals surface area (Å²) in [5.74, 6) is -4.28. The molecule has 2 aliphatic rings. The fourth-order valence-corrected chi connectivity index (χ4v) is 5.58. The first kappa shape index (κ1) is 37.4. The van der Waals surface area contributed by atoms with E-state index in [-0.39, 0.29) is 19.1 Å². The summed E-state index contributed by atoms with van der Waals surface area (Å²) in [6.07, 6.45) is 3.84. The van der Waals surface area contributed by atoms with E-state index in [0.29, 0.717) is 30.6 Å². The Morgan fingerprint density at radius 3 is 2.37 bits per heavy atom. The number of nitrogens with zero attached hydrogens (tertiary/aromatic N) is 2. The van der Waals surface area contributed by atoms with Crippen molar-refractivity contribution in [1.29, 1.82) is 0 Å². The molecule has 1 aromatic carbocycles. The van der Waals surface area contributed by atoms with E-state index >= 15 is 0 Å². The third kappa shape index (κ3) is 9.40. The molecule has 0 spiro atoms. The number of nitrogens with one attached hydrogen (secondary N) is 3. The molecular weight excluding hydrogens is 634 g/mol. The molecule has 14 heteroatoms. The Bertz CT molecular complexity index is 1600. The number of amides is 3. The number of pyridine rings is 1. The van der Waals surface area contributed by atoms with Crippen molar-refractivity contribution in [3.63, 3.8) is 0 Å². The molecule has 0 saturated carbocycles. The average molecular weight is 682 g/mol. The van der Waals surface area contributed by atoms with E-state index in [0.717, 1.165) is 10.9 Å². The quantitative estimate of drug-likeness (QED) is 0.256. The number of carboxylic acid groups (broad SMARTS) is 1. The van der Waals surface area contributed by atoms with Gasteiger partial charge in [-0.1, -0.05) is 44.2 Å². The molecule has 1 aromatic heterocycles. The number of carbonyl (C=O) groups is 5. The highest BCUT2D eigenvalue weighted by Gasteiger charge is 2.45. The van der Waals surface area contributed by atoms with E-state index in [2.05, 4.69) is 21.0 Å². The lowest BCUT2D eigenvalue weighted by Crippen LogP contribution is -2.62. The molecule has 2 aliphatic heterocycles. The molecule has 3 heterocycles. The van der Waals surface area contributed by atoms with E-state index < -0.39 is 65.1 Å². The maximum atomic E-state index is 14.1. The summed E-state index contributed by atoms with van der Waals surface area (Å²) in [6.45, 7) is 11.9. The Kier molecular flexibility index (Phi) is 11.8. The molecular formula is C35H47N5O9. The Morgan fingerprint density at radius 1 is 1.06 bits per heavy atom. The fourth-order valence-electron chi connectivity index (χ4n) is 5.58. The van der Waals surface area contributed by atoms with Crippen molar-refractivity contribution in [2.24, 2.45) is 11.3 Å². The predicted octanol–water partition coefficient (Wildman–Crippen LogP) is 2.87. The van der Waals surface area contributed by atoms with Gasteiger partial charge in [0.15, 0.2) is 5.79 Å². The fraction of sp³-hybridized carbons (Fsp3) is 0.543. The highest BCUT2D eigenvalue weighted by Crippen LogP contribution is 2.33. The first-order valence-corrected chi connectivity index (χ1v) is 16.5. The van der Waals surface area contributed by atoms with Gasteiger partial charge in [0.1, 0.15) is 29.6 Å². The number of aromatic nitrogens is 1. The van der Waals surface area contributed by atoms with Crippen LogP contribution in [0.25, 0.3) is 17.0 Å². The number of esters is 1. The van der Waals surface area contributed by atoms with Crippen LogP contribution >= 0.6 is 0 Å². The zero-order chi connectivity index (χ0) is 36.1. The molecule has 2 saturated heterocycles. The SMILES string of the molecule is CC(=O)O[C@H](C)c1ccc2ccc(/C=C/C3(C(=O)N[C@H](C(=O)N[C@@H](C)C(=O)N4CCC[C@@H](C(=O)O)N4)C(C)C)COC(C)(C)OC3)cc2n1. The van der Waals surface area contributed by atoms with Gasteiger partial charge in [0.2, 0.25) is 11.8 Å². The van der Waals surface area contributed by atoms with Crippen LogP contribution in [0.2, 0.25) is 0 Å². The van der Waals surface area contributed by atoms with E-state index in [9.17, 15) is 29.1 Å². The normalized spacial score (nSPS) is 20.7. The second-order valence-electron chi connectivity index (χ2n) is 13.5. The smallest absolute Gasteiger partial charge is 0.322 e. The van der Waals surface area contributed by atoms with Gasteiger partial charge in [-0.2, -0.15) is 0 Å². The van der Waals surface area contributed by atoms with Crippen molar-refractivity contribution in [1.82, 2.24) is 26.1 Å². The van der Waals surface area contributed by atoms with Crippen LogP contribution in [0.1, 0.15) is 78.7 Å². The topological polar surface area (TPSA) is 185 Å². The third-order valence-electron chi connectivity index (χ3n) is 8.61. The van der Waals surface area contributed by atoms with Crippen molar-refractivity contribution in [2.45, 2.75) is 91.3 Å². The van der Waals surface area contributed by atoms with Gasteiger partial charge >= 0.3 is 11.9 Å². The molecule has 0 aliphatic carbocycles. The summed E-state index contributed by atoms with van der Waals surface area (Å²) in [6, 6.07) is 6.45. The van der Waals surface area contributed by atoms with Crippen LogP contribution in [0.15, 0.2) is 36.4 Å². The molecule has 49 heavy (non-hydrogen) atoms. The van der Waals surface area contributed by atoms with Gasteiger partial charge in [0.05, 0.1) is 24.4 Å². The van der Waals surface area contributed by atoms with Gasteiger partial charge in [-0.3, -0.25) is 29.0 Å². The first-order chi connectivity index (χ1) is 23.0. The average Bonchev–Trinajstić information content (AvgIpc) is 3.05. The van der Waals surface area contributed by atoms with Gasteiger partial charge in [0.25, 0.3) is 5.91 Å². The molecule has 3 amide bonds. The van der Waals surface area contributed by atoms with Crippen molar-refractivity contribution >= 4 is 46.6 Å². The summed E-state index contributed by atoms with van der Waals surface area (Å²) >= 11 is 0. The van der Waals surface area contributed by atoms with E-state index in [1.165, 1.54) is 18.9 Å². The van der Waals surface area contributed by atoms with Crippen LogP contribution < -0.4 is 16.1 Å². The lowest BCUT2D eigenvalue weighted by molar-refractivity contribution is -0.272. The minimum Gasteiger partial charge on any atom is -0.480 e. The molecule has 2 fully saturated rings. The van der Waals surface area contributed by atoms with Crippen LogP contribution in [0.5, 0.6) is 0 Å². The maximum Gasteiger partial charge on any atom is 0.322 e. The maximum absolute atomic E-state index is 14.1. The Morgan fingerprint density at radius 2 is 1.73 bits per heavy atom. The molecule has 14 nitrogen and oxygen atoms in total. The largest absolute Gasteiger partial charge is 0.480 e. The van der Waals surface area contributed by atoms with Crippen LogP contribution in [0, 0.1) is 11.3 Å². The number of hydrogen-bond acceptors (Lipinski definition) is 10. The summed E-state index contributed by atoms with van der Waals surface area (Å²) in [5, 5.41) is 17.0. The Labute approximate surface area is 285 Å². The molecule has 2 aromatic rings. The van der Waals surface area contributed by atoms with Crippen LogP contribution in [-0.2, 0) is 38.2 Å². The molecule has 0 radical (unpaired) electrons. The molecule has 4 N–H and O–H groups in total. The number of fused-ring (bicyclic) bond motifs is 1. The molecule has 0 unspecified atom stereocenters. The number of hydrogen-bond donors (Lipinski definition) is 4. The van der Waals surface area contributed by atoms with Crippen molar-refractivity contribution in [3.8, 4) is 0 Å².